The molecule has 21 heavy (non-hydrogen) atoms. The monoisotopic (exact) mass is 329 g/mol. The second kappa shape index (κ2) is 8.14. The summed E-state index contributed by atoms with van der Waals surface area (Å²) in [7, 11) is 0. The van der Waals surface area contributed by atoms with Gasteiger partial charge in [0.1, 0.15) is 6.10 Å². The van der Waals surface area contributed by atoms with Gasteiger partial charge in [-0.2, -0.15) is 0 Å². The summed E-state index contributed by atoms with van der Waals surface area (Å²) in [4.78, 5) is 16.3. The normalized spacial score (nSPS) is 17.4. The first kappa shape index (κ1) is 17.7. The van der Waals surface area contributed by atoms with Crippen LogP contribution in [0, 0.1) is 0 Å². The van der Waals surface area contributed by atoms with E-state index < -0.39 is 6.10 Å². The lowest BCUT2D eigenvalue weighted by Crippen LogP contribution is -2.45. The van der Waals surface area contributed by atoms with E-state index in [0.29, 0.717) is 18.8 Å². The third-order valence-corrected chi connectivity index (χ3v) is 3.08. The number of nitrogens with zero attached hydrogens (tertiary/aromatic N) is 1. The molecule has 1 fully saturated rings. The van der Waals surface area contributed by atoms with E-state index in [4.69, 9.17) is 4.74 Å². The van der Waals surface area contributed by atoms with Crippen LogP contribution in [0.5, 0.6) is 0 Å². The summed E-state index contributed by atoms with van der Waals surface area (Å²) in [6.45, 7) is 1.90. The summed E-state index contributed by atoms with van der Waals surface area (Å²) in [6.07, 6.45) is 1.23. The number of pyridine rings is 1. The third-order valence-electron chi connectivity index (χ3n) is 3.08. The summed E-state index contributed by atoms with van der Waals surface area (Å²) in [5.41, 5.74) is 1.61. The molecule has 1 aromatic carbocycles. The molecule has 1 aliphatic rings. The summed E-state index contributed by atoms with van der Waals surface area (Å²) in [5, 5.41) is 6.97. The van der Waals surface area contributed by atoms with E-state index >= 15 is 0 Å². The quantitative estimate of drug-likeness (QED) is 0.884. The molecule has 0 bridgehead atoms. The highest BCUT2D eigenvalue weighted by molar-refractivity contribution is 5.96. The predicted octanol–water partition coefficient (Wildman–Crippen LogP) is 2.01. The molecule has 2 aromatic rings. The fraction of sp³-hybridized carbons (Fsp3) is 0.286. The lowest BCUT2D eigenvalue weighted by Gasteiger charge is -2.22. The van der Waals surface area contributed by atoms with Gasteiger partial charge in [-0.05, 0) is 12.1 Å². The number of amides is 1. The number of ether oxygens (including phenoxy) is 1. The first-order valence-electron chi connectivity index (χ1n) is 6.31. The minimum atomic E-state index is -0.430. The summed E-state index contributed by atoms with van der Waals surface area (Å²) >= 11 is 0. The van der Waals surface area contributed by atoms with Crippen LogP contribution in [-0.2, 0) is 9.53 Å². The molecule has 5 nitrogen and oxygen atoms in total. The zero-order chi connectivity index (χ0) is 13.1. The summed E-state index contributed by atoms with van der Waals surface area (Å²) in [6, 6.07) is 9.71. The Bertz CT molecular complexity index is 604. The highest BCUT2D eigenvalue weighted by Crippen LogP contribution is 2.16. The number of carbonyl (C=O) groups is 1. The van der Waals surface area contributed by atoms with Crippen LogP contribution in [0.1, 0.15) is 0 Å². The van der Waals surface area contributed by atoms with Gasteiger partial charge in [-0.25, -0.2) is 0 Å². The van der Waals surface area contributed by atoms with Gasteiger partial charge in [-0.15, -0.1) is 24.8 Å². The number of aromatic nitrogens is 1. The van der Waals surface area contributed by atoms with Crippen molar-refractivity contribution in [2.24, 2.45) is 0 Å². The molecule has 114 valence electrons. The number of fused-ring (bicyclic) bond motifs is 1. The van der Waals surface area contributed by atoms with Gasteiger partial charge >= 0.3 is 0 Å². The van der Waals surface area contributed by atoms with E-state index in [-0.39, 0.29) is 30.7 Å². The number of hydrogen-bond donors (Lipinski definition) is 2. The molecule has 1 saturated heterocycles. The SMILES string of the molecule is Cl.Cl.O=C(Nc1cnc2ccccc2c1)C1CNCCO1. The standard InChI is InChI=1S/C14H15N3O2.2ClH/c18-14(13-9-15-5-6-19-13)17-11-7-10-3-1-2-4-12(10)16-8-11;;/h1-4,7-8,13,15H,5-6,9H2,(H,17,18);2*1H. The van der Waals surface area contributed by atoms with E-state index in [1.165, 1.54) is 0 Å². The summed E-state index contributed by atoms with van der Waals surface area (Å²) in [5.74, 6) is -0.135. The average Bonchev–Trinajstić information content (AvgIpc) is 2.48. The lowest BCUT2D eigenvalue weighted by molar-refractivity contribution is -0.128. The van der Waals surface area contributed by atoms with Crippen molar-refractivity contribution in [2.45, 2.75) is 6.10 Å². The Morgan fingerprint density at radius 2 is 2.14 bits per heavy atom. The highest BCUT2D eigenvalue weighted by Gasteiger charge is 2.21. The Hall–Kier alpha value is -1.40. The Balaban J connectivity index is 0.00000110. The van der Waals surface area contributed by atoms with Crippen LogP contribution in [0.3, 0.4) is 0 Å². The average molecular weight is 330 g/mol. The zero-order valence-electron chi connectivity index (χ0n) is 11.2. The number of halogens is 2. The molecule has 0 radical (unpaired) electrons. The van der Waals surface area contributed by atoms with Crippen molar-refractivity contribution in [3.63, 3.8) is 0 Å². The van der Waals surface area contributed by atoms with Crippen LogP contribution in [-0.4, -0.2) is 36.7 Å². The Morgan fingerprint density at radius 1 is 1.33 bits per heavy atom. The first-order valence-corrected chi connectivity index (χ1v) is 6.31. The van der Waals surface area contributed by atoms with Crippen molar-refractivity contribution < 1.29 is 9.53 Å². The van der Waals surface area contributed by atoms with Crippen molar-refractivity contribution in [2.75, 3.05) is 25.0 Å². The number of carbonyl (C=O) groups excluding carboxylic acids is 1. The van der Waals surface area contributed by atoms with Crippen LogP contribution in [0.25, 0.3) is 10.9 Å². The minimum absolute atomic E-state index is 0. The maximum atomic E-state index is 12.0. The molecule has 1 amide bonds. The fourth-order valence-electron chi connectivity index (χ4n) is 2.10. The largest absolute Gasteiger partial charge is 0.366 e. The number of rotatable bonds is 2. The number of morpholine rings is 1. The van der Waals surface area contributed by atoms with Crippen LogP contribution in [0.15, 0.2) is 36.5 Å². The second-order valence-corrected chi connectivity index (χ2v) is 4.47. The van der Waals surface area contributed by atoms with Crippen molar-refractivity contribution in [1.29, 1.82) is 0 Å². The first-order chi connectivity index (χ1) is 9.33. The molecule has 1 atom stereocenters. The van der Waals surface area contributed by atoms with Gasteiger partial charge in [0, 0.05) is 18.5 Å². The van der Waals surface area contributed by atoms with Gasteiger partial charge < -0.3 is 15.4 Å². The van der Waals surface area contributed by atoms with E-state index in [9.17, 15) is 4.79 Å². The molecule has 2 heterocycles. The van der Waals surface area contributed by atoms with Crippen LogP contribution >= 0.6 is 24.8 Å². The van der Waals surface area contributed by atoms with E-state index in [0.717, 1.165) is 17.4 Å². The van der Waals surface area contributed by atoms with Crippen molar-refractivity contribution >= 4 is 47.3 Å². The number of benzene rings is 1. The van der Waals surface area contributed by atoms with Gasteiger partial charge in [0.25, 0.3) is 5.91 Å². The predicted molar refractivity (Wildman–Crippen MR) is 87.5 cm³/mol. The topological polar surface area (TPSA) is 63.2 Å². The molecule has 2 N–H and O–H groups in total. The van der Waals surface area contributed by atoms with Gasteiger partial charge in [0.05, 0.1) is 24.0 Å². The molecule has 1 unspecified atom stereocenters. The smallest absolute Gasteiger partial charge is 0.254 e. The van der Waals surface area contributed by atoms with E-state index in [2.05, 4.69) is 15.6 Å². The molecular formula is C14H17Cl2N3O2. The summed E-state index contributed by atoms with van der Waals surface area (Å²) < 4.78 is 5.40. The number of anilines is 1. The third kappa shape index (κ3) is 4.28. The Morgan fingerprint density at radius 3 is 2.90 bits per heavy atom. The van der Waals surface area contributed by atoms with Crippen LogP contribution < -0.4 is 10.6 Å². The number of nitrogens with one attached hydrogen (secondary N) is 2. The molecule has 0 spiro atoms. The second-order valence-electron chi connectivity index (χ2n) is 4.47. The molecule has 0 saturated carbocycles. The molecule has 1 aliphatic heterocycles. The Labute approximate surface area is 135 Å². The van der Waals surface area contributed by atoms with E-state index in [1.54, 1.807) is 6.20 Å². The van der Waals surface area contributed by atoms with Gasteiger partial charge in [-0.3, -0.25) is 9.78 Å². The zero-order valence-corrected chi connectivity index (χ0v) is 12.9. The molecule has 3 rings (SSSR count). The van der Waals surface area contributed by atoms with Crippen molar-refractivity contribution in [1.82, 2.24) is 10.3 Å². The maximum Gasteiger partial charge on any atom is 0.254 e. The molecule has 0 aliphatic carbocycles. The van der Waals surface area contributed by atoms with Crippen LogP contribution in [0.4, 0.5) is 5.69 Å². The Kier molecular flexibility index (Phi) is 6.84. The number of hydrogen-bond acceptors (Lipinski definition) is 4. The fourth-order valence-corrected chi connectivity index (χ4v) is 2.10. The van der Waals surface area contributed by atoms with Gasteiger partial charge in [0.2, 0.25) is 0 Å². The van der Waals surface area contributed by atoms with Gasteiger partial charge in [0.15, 0.2) is 0 Å². The van der Waals surface area contributed by atoms with Crippen molar-refractivity contribution in [3.8, 4) is 0 Å². The molecule has 7 heteroatoms. The van der Waals surface area contributed by atoms with Crippen LogP contribution in [0.2, 0.25) is 0 Å². The van der Waals surface area contributed by atoms with E-state index in [1.807, 2.05) is 30.3 Å². The van der Waals surface area contributed by atoms with Gasteiger partial charge in [-0.1, -0.05) is 18.2 Å². The molecular weight excluding hydrogens is 313 g/mol. The highest BCUT2D eigenvalue weighted by atomic mass is 35.5. The lowest BCUT2D eigenvalue weighted by atomic mass is 10.2. The number of para-hydroxylation sites is 1. The molecule has 1 aromatic heterocycles. The van der Waals surface area contributed by atoms with Crippen molar-refractivity contribution in [3.05, 3.63) is 36.5 Å². The minimum Gasteiger partial charge on any atom is -0.366 e. The maximum absolute atomic E-state index is 12.0.